The van der Waals surface area contributed by atoms with Gasteiger partial charge in [0.2, 0.25) is 0 Å². The van der Waals surface area contributed by atoms with Gasteiger partial charge in [0.1, 0.15) is 0 Å². The molecule has 2 N–H and O–H groups in total. The summed E-state index contributed by atoms with van der Waals surface area (Å²) in [6.45, 7) is 6.89. The Kier molecular flexibility index (Phi) is 5.12. The van der Waals surface area contributed by atoms with E-state index in [1.807, 2.05) is 6.92 Å². The maximum atomic E-state index is 12.3. The van der Waals surface area contributed by atoms with Crippen molar-refractivity contribution in [2.24, 2.45) is 5.73 Å². The minimum Gasteiger partial charge on any atom is -0.329 e. The number of likely N-dealkylation sites (N-methyl/N-ethyl adjacent to an activating group) is 1. The largest absolute Gasteiger partial charge is 0.329 e. The van der Waals surface area contributed by atoms with Crippen molar-refractivity contribution in [2.75, 3.05) is 26.7 Å². The van der Waals surface area contributed by atoms with E-state index in [0.717, 1.165) is 24.8 Å². The average molecular weight is 261 g/mol. The van der Waals surface area contributed by atoms with Crippen molar-refractivity contribution in [3.05, 3.63) is 12.2 Å². The molecule has 0 spiro atoms. The highest BCUT2D eigenvalue weighted by Crippen LogP contribution is 2.21. The first-order valence-electron chi connectivity index (χ1n) is 5.97. The van der Waals surface area contributed by atoms with Gasteiger partial charge in [-0.2, -0.15) is 17.0 Å². The van der Waals surface area contributed by atoms with Crippen molar-refractivity contribution in [1.82, 2.24) is 8.61 Å². The SMILES string of the molecule is C=C(C)CN(C)S(=O)(=O)N1CCCCC1CN. The number of nitrogens with zero attached hydrogens (tertiary/aromatic N) is 2. The molecule has 100 valence electrons. The first-order chi connectivity index (χ1) is 7.89. The fraction of sp³-hybridized carbons (Fsp3) is 0.818. The predicted octanol–water partition coefficient (Wildman–Crippen LogP) is 0.552. The van der Waals surface area contributed by atoms with Crippen LogP contribution in [-0.4, -0.2) is 49.8 Å². The van der Waals surface area contributed by atoms with Gasteiger partial charge in [-0.1, -0.05) is 18.6 Å². The molecule has 5 nitrogen and oxygen atoms in total. The van der Waals surface area contributed by atoms with Crippen molar-refractivity contribution in [3.63, 3.8) is 0 Å². The quantitative estimate of drug-likeness (QED) is 0.735. The van der Waals surface area contributed by atoms with Crippen LogP contribution in [-0.2, 0) is 10.2 Å². The summed E-state index contributed by atoms with van der Waals surface area (Å²) < 4.78 is 27.6. The van der Waals surface area contributed by atoms with E-state index in [1.165, 1.54) is 4.31 Å². The van der Waals surface area contributed by atoms with Crippen LogP contribution in [0.3, 0.4) is 0 Å². The number of piperidine rings is 1. The summed E-state index contributed by atoms with van der Waals surface area (Å²) in [7, 11) is -1.80. The van der Waals surface area contributed by atoms with Gasteiger partial charge in [-0.15, -0.1) is 0 Å². The fourth-order valence-electron chi connectivity index (χ4n) is 2.15. The Morgan fingerprint density at radius 2 is 2.18 bits per heavy atom. The van der Waals surface area contributed by atoms with Crippen LogP contribution < -0.4 is 5.73 Å². The van der Waals surface area contributed by atoms with Gasteiger partial charge in [-0.25, -0.2) is 0 Å². The third-order valence-corrected chi connectivity index (χ3v) is 5.02. The zero-order chi connectivity index (χ0) is 13.1. The van der Waals surface area contributed by atoms with Crippen LogP contribution >= 0.6 is 0 Å². The highest BCUT2D eigenvalue weighted by Gasteiger charge is 2.34. The minimum atomic E-state index is -3.39. The molecular formula is C11H23N3O2S. The number of rotatable bonds is 5. The topological polar surface area (TPSA) is 66.6 Å². The summed E-state index contributed by atoms with van der Waals surface area (Å²) in [5, 5.41) is 0. The van der Waals surface area contributed by atoms with Crippen molar-refractivity contribution in [2.45, 2.75) is 32.2 Å². The van der Waals surface area contributed by atoms with E-state index in [9.17, 15) is 8.42 Å². The molecule has 1 saturated heterocycles. The molecule has 1 heterocycles. The lowest BCUT2D eigenvalue weighted by Gasteiger charge is -2.36. The second-order valence-corrected chi connectivity index (χ2v) is 6.70. The molecule has 0 radical (unpaired) electrons. The third kappa shape index (κ3) is 3.51. The third-order valence-electron chi connectivity index (χ3n) is 3.03. The molecule has 0 bridgehead atoms. The molecule has 0 aliphatic carbocycles. The molecule has 1 rings (SSSR count). The second-order valence-electron chi connectivity index (χ2n) is 4.72. The van der Waals surface area contributed by atoms with Gasteiger partial charge in [0.05, 0.1) is 0 Å². The molecular weight excluding hydrogens is 238 g/mol. The Morgan fingerprint density at radius 3 is 2.71 bits per heavy atom. The summed E-state index contributed by atoms with van der Waals surface area (Å²) in [4.78, 5) is 0. The Morgan fingerprint density at radius 1 is 1.53 bits per heavy atom. The molecule has 6 heteroatoms. The molecule has 0 aromatic rings. The average Bonchev–Trinajstić information content (AvgIpc) is 2.28. The first-order valence-corrected chi connectivity index (χ1v) is 7.37. The Bertz CT molecular complexity index is 367. The normalized spacial score (nSPS) is 22.9. The summed E-state index contributed by atoms with van der Waals surface area (Å²) in [5.74, 6) is 0. The molecule has 0 saturated carbocycles. The summed E-state index contributed by atoms with van der Waals surface area (Å²) in [6.07, 6.45) is 2.82. The van der Waals surface area contributed by atoms with E-state index in [4.69, 9.17) is 5.73 Å². The van der Waals surface area contributed by atoms with Crippen LogP contribution in [0.4, 0.5) is 0 Å². The van der Waals surface area contributed by atoms with Crippen LogP contribution in [0, 0.1) is 0 Å². The molecule has 1 aliphatic heterocycles. The van der Waals surface area contributed by atoms with Crippen LogP contribution in [0.25, 0.3) is 0 Å². The zero-order valence-corrected chi connectivity index (χ0v) is 11.5. The Balaban J connectivity index is 2.83. The summed E-state index contributed by atoms with van der Waals surface area (Å²) >= 11 is 0. The van der Waals surface area contributed by atoms with Crippen molar-refractivity contribution in [3.8, 4) is 0 Å². The van der Waals surface area contributed by atoms with Crippen molar-refractivity contribution in [1.29, 1.82) is 0 Å². The Hall–Kier alpha value is -0.430. The summed E-state index contributed by atoms with van der Waals surface area (Å²) in [5.41, 5.74) is 6.48. The van der Waals surface area contributed by atoms with Gasteiger partial charge in [0, 0.05) is 32.7 Å². The predicted molar refractivity (Wildman–Crippen MR) is 69.8 cm³/mol. The van der Waals surface area contributed by atoms with Gasteiger partial charge >= 0.3 is 0 Å². The van der Waals surface area contributed by atoms with Crippen LogP contribution in [0.15, 0.2) is 12.2 Å². The number of hydrogen-bond donors (Lipinski definition) is 1. The highest BCUT2D eigenvalue weighted by atomic mass is 32.2. The van der Waals surface area contributed by atoms with E-state index < -0.39 is 10.2 Å². The maximum Gasteiger partial charge on any atom is 0.282 e. The molecule has 1 unspecified atom stereocenters. The van der Waals surface area contributed by atoms with Crippen LogP contribution in [0.5, 0.6) is 0 Å². The van der Waals surface area contributed by atoms with Crippen LogP contribution in [0.1, 0.15) is 26.2 Å². The minimum absolute atomic E-state index is 0.0543. The lowest BCUT2D eigenvalue weighted by molar-refractivity contribution is 0.242. The lowest BCUT2D eigenvalue weighted by Crippen LogP contribution is -2.52. The molecule has 17 heavy (non-hydrogen) atoms. The van der Waals surface area contributed by atoms with E-state index in [1.54, 1.807) is 11.4 Å². The van der Waals surface area contributed by atoms with E-state index in [0.29, 0.717) is 19.6 Å². The molecule has 0 aromatic carbocycles. The number of nitrogens with two attached hydrogens (primary N) is 1. The molecule has 1 aliphatic rings. The zero-order valence-electron chi connectivity index (χ0n) is 10.7. The maximum absolute atomic E-state index is 12.3. The highest BCUT2D eigenvalue weighted by molar-refractivity contribution is 7.86. The van der Waals surface area contributed by atoms with Crippen LogP contribution in [0.2, 0.25) is 0 Å². The van der Waals surface area contributed by atoms with E-state index in [2.05, 4.69) is 6.58 Å². The van der Waals surface area contributed by atoms with Crippen molar-refractivity contribution >= 4 is 10.2 Å². The summed E-state index contributed by atoms with van der Waals surface area (Å²) in [6, 6.07) is -0.0543. The van der Waals surface area contributed by atoms with Gasteiger partial charge < -0.3 is 5.73 Å². The van der Waals surface area contributed by atoms with Gasteiger partial charge in [-0.3, -0.25) is 0 Å². The van der Waals surface area contributed by atoms with Gasteiger partial charge in [-0.05, 0) is 19.8 Å². The molecule has 0 amide bonds. The smallest absolute Gasteiger partial charge is 0.282 e. The van der Waals surface area contributed by atoms with Gasteiger partial charge in [0.25, 0.3) is 10.2 Å². The monoisotopic (exact) mass is 261 g/mol. The molecule has 0 aromatic heterocycles. The lowest BCUT2D eigenvalue weighted by atomic mass is 10.1. The van der Waals surface area contributed by atoms with E-state index >= 15 is 0 Å². The number of hydrogen-bond acceptors (Lipinski definition) is 3. The van der Waals surface area contributed by atoms with E-state index in [-0.39, 0.29) is 6.04 Å². The molecule has 1 atom stereocenters. The van der Waals surface area contributed by atoms with Gasteiger partial charge in [0.15, 0.2) is 0 Å². The van der Waals surface area contributed by atoms with Crippen molar-refractivity contribution < 1.29 is 8.42 Å². The fourth-order valence-corrected chi connectivity index (χ4v) is 3.82. The standard InChI is InChI=1S/C11H23N3O2S/c1-10(2)9-13(3)17(15,16)14-7-5-4-6-11(14)8-12/h11H,1,4-9,12H2,2-3H3. The molecule has 1 fully saturated rings. The first kappa shape index (κ1) is 14.6. The second kappa shape index (κ2) is 5.95. The Labute approximate surface area is 104 Å².